The third-order valence-corrected chi connectivity index (χ3v) is 7.18. The van der Waals surface area contributed by atoms with Gasteiger partial charge in [-0.25, -0.2) is 23.0 Å². The lowest BCUT2D eigenvalue weighted by atomic mass is 9.87. The zero-order valence-electron chi connectivity index (χ0n) is 21.4. The number of aromatic nitrogens is 1. The van der Waals surface area contributed by atoms with Gasteiger partial charge in [0.1, 0.15) is 11.4 Å². The standard InChI is InChI=1S/C23H31N3O4S.C2HF3O2/c1-23(2,3)17-9-11-19(12-10-17)31(29,30)25-18-15-20(22(27)28)21(24-16-18)26-13-7-5-4-6-8-14-26;3-2(4,5)1(6)7/h9-12,15-16,25H,4-8,13-14H2,1-3H3,(H,27,28);(H,6,7). The first-order chi connectivity index (χ1) is 17.5. The van der Waals surface area contributed by atoms with Crippen LogP contribution in [0.1, 0.15) is 68.8 Å². The van der Waals surface area contributed by atoms with Crippen molar-refractivity contribution in [3.63, 3.8) is 0 Å². The summed E-state index contributed by atoms with van der Waals surface area (Å²) in [5.74, 6) is -3.49. The normalized spacial score (nSPS) is 14.9. The van der Waals surface area contributed by atoms with E-state index in [1.54, 1.807) is 24.3 Å². The van der Waals surface area contributed by atoms with Gasteiger partial charge in [0.25, 0.3) is 10.0 Å². The van der Waals surface area contributed by atoms with Gasteiger partial charge in [-0.1, -0.05) is 52.2 Å². The molecule has 38 heavy (non-hydrogen) atoms. The van der Waals surface area contributed by atoms with E-state index in [9.17, 15) is 31.5 Å². The van der Waals surface area contributed by atoms with Crippen LogP contribution in [-0.4, -0.2) is 54.8 Å². The van der Waals surface area contributed by atoms with Gasteiger partial charge in [-0.15, -0.1) is 0 Å². The molecule has 2 aromatic rings. The molecule has 0 spiro atoms. The molecule has 2 heterocycles. The van der Waals surface area contributed by atoms with Gasteiger partial charge in [0.2, 0.25) is 0 Å². The monoisotopic (exact) mass is 559 g/mol. The molecule has 1 aromatic carbocycles. The first-order valence-corrected chi connectivity index (χ1v) is 13.4. The number of alkyl halides is 3. The van der Waals surface area contributed by atoms with Crippen LogP contribution in [0.15, 0.2) is 41.4 Å². The fourth-order valence-corrected chi connectivity index (χ4v) is 4.76. The lowest BCUT2D eigenvalue weighted by molar-refractivity contribution is -0.192. The van der Waals surface area contributed by atoms with Crippen molar-refractivity contribution in [2.45, 2.75) is 69.4 Å². The van der Waals surface area contributed by atoms with Crippen LogP contribution >= 0.6 is 0 Å². The number of aromatic carboxylic acids is 1. The van der Waals surface area contributed by atoms with Crippen LogP contribution in [-0.2, 0) is 20.2 Å². The molecule has 0 bridgehead atoms. The van der Waals surface area contributed by atoms with Gasteiger partial charge in [0.05, 0.1) is 16.8 Å². The number of benzene rings is 1. The molecule has 9 nitrogen and oxygen atoms in total. The Bertz CT molecular complexity index is 1220. The second kappa shape index (κ2) is 12.5. The number of pyridine rings is 1. The summed E-state index contributed by atoms with van der Waals surface area (Å²) in [6.07, 6.45) is 1.71. The predicted octanol–water partition coefficient (Wildman–Crippen LogP) is 5.28. The van der Waals surface area contributed by atoms with E-state index in [4.69, 9.17) is 9.90 Å². The topological polar surface area (TPSA) is 137 Å². The highest BCUT2D eigenvalue weighted by Crippen LogP contribution is 2.27. The minimum Gasteiger partial charge on any atom is -0.478 e. The average Bonchev–Trinajstić information content (AvgIpc) is 2.78. The lowest BCUT2D eigenvalue weighted by Gasteiger charge is -2.27. The van der Waals surface area contributed by atoms with Gasteiger partial charge in [-0.2, -0.15) is 13.2 Å². The zero-order valence-corrected chi connectivity index (χ0v) is 22.2. The maximum absolute atomic E-state index is 12.8. The molecule has 3 N–H and O–H groups in total. The molecule has 0 saturated carbocycles. The summed E-state index contributed by atoms with van der Waals surface area (Å²) >= 11 is 0. The molecule has 3 rings (SSSR count). The number of carboxylic acids is 2. The van der Waals surface area contributed by atoms with Gasteiger partial charge in [-0.3, -0.25) is 4.72 Å². The second-order valence-corrected chi connectivity index (χ2v) is 11.5. The van der Waals surface area contributed by atoms with Crippen molar-refractivity contribution in [1.29, 1.82) is 0 Å². The number of anilines is 2. The molecular weight excluding hydrogens is 527 g/mol. The van der Waals surface area contributed by atoms with Crippen molar-refractivity contribution in [3.8, 4) is 0 Å². The zero-order chi connectivity index (χ0) is 28.7. The molecule has 1 fully saturated rings. The highest BCUT2D eigenvalue weighted by molar-refractivity contribution is 7.92. The molecule has 1 saturated heterocycles. The maximum atomic E-state index is 12.8. The largest absolute Gasteiger partial charge is 0.490 e. The van der Waals surface area contributed by atoms with Gasteiger partial charge in [0, 0.05) is 13.1 Å². The third-order valence-electron chi connectivity index (χ3n) is 5.78. The van der Waals surface area contributed by atoms with Gasteiger partial charge >= 0.3 is 18.1 Å². The third kappa shape index (κ3) is 8.89. The van der Waals surface area contributed by atoms with E-state index in [2.05, 4.69) is 30.5 Å². The number of hydrogen-bond acceptors (Lipinski definition) is 6. The molecule has 0 amide bonds. The molecule has 1 aromatic heterocycles. The number of halogens is 3. The Morgan fingerprint density at radius 3 is 1.89 bits per heavy atom. The number of aliphatic carboxylic acids is 1. The van der Waals surface area contributed by atoms with E-state index in [1.165, 1.54) is 18.7 Å². The highest BCUT2D eigenvalue weighted by atomic mass is 32.2. The lowest BCUT2D eigenvalue weighted by Crippen LogP contribution is -2.29. The van der Waals surface area contributed by atoms with Gasteiger partial charge < -0.3 is 15.1 Å². The number of sulfonamides is 1. The summed E-state index contributed by atoms with van der Waals surface area (Å²) in [5.41, 5.74) is 1.08. The van der Waals surface area contributed by atoms with Crippen molar-refractivity contribution >= 4 is 33.5 Å². The molecule has 0 atom stereocenters. The maximum Gasteiger partial charge on any atom is 0.490 e. The molecular formula is C25H32F3N3O6S. The van der Waals surface area contributed by atoms with Gasteiger partial charge in [-0.05, 0) is 42.0 Å². The molecule has 0 aliphatic carbocycles. The van der Waals surface area contributed by atoms with E-state index in [0.717, 1.165) is 44.3 Å². The van der Waals surface area contributed by atoms with Crippen molar-refractivity contribution in [2.75, 3.05) is 22.7 Å². The van der Waals surface area contributed by atoms with E-state index < -0.39 is 28.1 Å². The predicted molar refractivity (Wildman–Crippen MR) is 136 cm³/mol. The SMILES string of the molecule is CC(C)(C)c1ccc(S(=O)(=O)Nc2cnc(N3CCCCCCC3)c(C(=O)O)c2)cc1.O=C(O)C(F)(F)F. The summed E-state index contributed by atoms with van der Waals surface area (Å²) < 4.78 is 59.8. The molecule has 13 heteroatoms. The van der Waals surface area contributed by atoms with Crippen molar-refractivity contribution in [1.82, 2.24) is 4.98 Å². The smallest absolute Gasteiger partial charge is 0.478 e. The number of carbonyl (C=O) groups is 2. The van der Waals surface area contributed by atoms with Crippen molar-refractivity contribution in [3.05, 3.63) is 47.7 Å². The van der Waals surface area contributed by atoms with E-state index in [0.29, 0.717) is 5.82 Å². The summed E-state index contributed by atoms with van der Waals surface area (Å²) in [5, 5.41) is 16.8. The van der Waals surface area contributed by atoms with Gasteiger partial charge in [0.15, 0.2) is 0 Å². The summed E-state index contributed by atoms with van der Waals surface area (Å²) in [6.45, 7) is 7.67. The van der Waals surface area contributed by atoms with Crippen LogP contribution in [0.5, 0.6) is 0 Å². The van der Waals surface area contributed by atoms with Crippen molar-refractivity contribution < 1.29 is 41.4 Å². The Balaban J connectivity index is 0.000000638. The Morgan fingerprint density at radius 2 is 1.45 bits per heavy atom. The minimum atomic E-state index is -5.08. The number of carboxylic acid groups (broad SMARTS) is 2. The highest BCUT2D eigenvalue weighted by Gasteiger charge is 2.38. The number of hydrogen-bond donors (Lipinski definition) is 3. The summed E-state index contributed by atoms with van der Waals surface area (Å²) in [4.78, 5) is 27.2. The number of nitrogens with zero attached hydrogens (tertiary/aromatic N) is 2. The van der Waals surface area contributed by atoms with E-state index in [-0.39, 0.29) is 21.6 Å². The first kappa shape index (κ1) is 30.9. The van der Waals surface area contributed by atoms with Crippen LogP contribution in [0.2, 0.25) is 0 Å². The number of rotatable bonds is 5. The minimum absolute atomic E-state index is 0.00357. The van der Waals surface area contributed by atoms with Crippen LogP contribution in [0, 0.1) is 0 Å². The van der Waals surface area contributed by atoms with Crippen LogP contribution in [0.25, 0.3) is 0 Å². The first-order valence-electron chi connectivity index (χ1n) is 11.9. The average molecular weight is 560 g/mol. The van der Waals surface area contributed by atoms with Crippen LogP contribution in [0.3, 0.4) is 0 Å². The molecule has 1 aliphatic rings. The number of nitrogens with one attached hydrogen (secondary N) is 1. The molecule has 0 unspecified atom stereocenters. The van der Waals surface area contributed by atoms with Crippen LogP contribution < -0.4 is 9.62 Å². The molecule has 0 radical (unpaired) electrons. The Labute approximate surface area is 219 Å². The fourth-order valence-electron chi connectivity index (χ4n) is 3.73. The summed E-state index contributed by atoms with van der Waals surface area (Å²) in [6, 6.07) is 8.05. The molecule has 210 valence electrons. The van der Waals surface area contributed by atoms with Crippen molar-refractivity contribution in [2.24, 2.45) is 0 Å². The Hall–Kier alpha value is -3.35. The molecule has 1 aliphatic heterocycles. The summed E-state index contributed by atoms with van der Waals surface area (Å²) in [7, 11) is -3.86. The fraction of sp³-hybridized carbons (Fsp3) is 0.480. The second-order valence-electron chi connectivity index (χ2n) is 9.84. The Kier molecular flexibility index (Phi) is 10.1. The van der Waals surface area contributed by atoms with E-state index in [1.807, 2.05) is 4.90 Å². The quantitative estimate of drug-likeness (QED) is 0.450. The van der Waals surface area contributed by atoms with Crippen LogP contribution in [0.4, 0.5) is 24.7 Å². The Morgan fingerprint density at radius 1 is 0.947 bits per heavy atom. The van der Waals surface area contributed by atoms with E-state index >= 15 is 0 Å².